The van der Waals surface area contributed by atoms with Crippen molar-refractivity contribution in [2.75, 3.05) is 20.3 Å². The summed E-state index contributed by atoms with van der Waals surface area (Å²) in [5.41, 5.74) is 0. The smallest absolute Gasteiger partial charge is 0.123 e. The summed E-state index contributed by atoms with van der Waals surface area (Å²) in [5, 5.41) is 16.0. The predicted octanol–water partition coefficient (Wildman–Crippen LogP) is 4.02. The van der Waals surface area contributed by atoms with Crippen LogP contribution in [0.25, 0.3) is 0 Å². The lowest BCUT2D eigenvalue weighted by molar-refractivity contribution is 0.101. The van der Waals surface area contributed by atoms with Gasteiger partial charge in [-0.15, -0.1) is 11.3 Å². The molecular formula is C20H27NO3S. The molecule has 2 aromatic rings. The summed E-state index contributed by atoms with van der Waals surface area (Å²) in [7, 11) is 1.63. The first-order valence-electron chi connectivity index (χ1n) is 8.98. The van der Waals surface area contributed by atoms with Gasteiger partial charge in [-0.3, -0.25) is 0 Å². The molecule has 0 amide bonds. The van der Waals surface area contributed by atoms with Crippen LogP contribution in [-0.4, -0.2) is 31.5 Å². The molecule has 4 nitrogen and oxygen atoms in total. The Morgan fingerprint density at radius 2 is 2.00 bits per heavy atom. The molecule has 1 fully saturated rings. The molecule has 1 heterocycles. The molecular weight excluding hydrogens is 334 g/mol. The minimum Gasteiger partial charge on any atom is -0.497 e. The molecule has 1 saturated carbocycles. The zero-order chi connectivity index (χ0) is 17.5. The first-order chi connectivity index (χ1) is 12.3. The molecule has 5 heteroatoms. The molecule has 2 N–H and O–H groups in total. The van der Waals surface area contributed by atoms with E-state index in [1.54, 1.807) is 18.4 Å². The SMILES string of the molecule is COc1cccc(OCC(O)CNC(c2cccs2)C2CCCC2)c1. The summed E-state index contributed by atoms with van der Waals surface area (Å²) < 4.78 is 10.9. The molecule has 0 aliphatic heterocycles. The first-order valence-corrected chi connectivity index (χ1v) is 9.86. The summed E-state index contributed by atoms with van der Waals surface area (Å²) in [4.78, 5) is 1.37. The van der Waals surface area contributed by atoms with Crippen molar-refractivity contribution in [3.8, 4) is 11.5 Å². The molecule has 2 atom stereocenters. The average Bonchev–Trinajstić information content (AvgIpc) is 3.35. The maximum absolute atomic E-state index is 10.3. The van der Waals surface area contributed by atoms with Gasteiger partial charge in [-0.2, -0.15) is 0 Å². The maximum Gasteiger partial charge on any atom is 0.123 e. The van der Waals surface area contributed by atoms with Gasteiger partial charge in [-0.25, -0.2) is 0 Å². The van der Waals surface area contributed by atoms with E-state index in [-0.39, 0.29) is 6.61 Å². The molecule has 0 radical (unpaired) electrons. The molecule has 0 saturated heterocycles. The minimum absolute atomic E-state index is 0.266. The monoisotopic (exact) mass is 361 g/mol. The summed E-state index contributed by atoms with van der Waals surface area (Å²) in [5.74, 6) is 2.14. The highest BCUT2D eigenvalue weighted by Crippen LogP contribution is 2.37. The molecule has 0 bridgehead atoms. The topological polar surface area (TPSA) is 50.7 Å². The van der Waals surface area contributed by atoms with Crippen LogP contribution in [0.1, 0.15) is 36.6 Å². The van der Waals surface area contributed by atoms with Crippen molar-refractivity contribution >= 4 is 11.3 Å². The quantitative estimate of drug-likeness (QED) is 0.708. The Kier molecular flexibility index (Phi) is 6.73. The number of hydrogen-bond acceptors (Lipinski definition) is 5. The van der Waals surface area contributed by atoms with Crippen LogP contribution in [-0.2, 0) is 0 Å². The highest BCUT2D eigenvalue weighted by atomic mass is 32.1. The highest BCUT2D eigenvalue weighted by molar-refractivity contribution is 7.10. The molecule has 1 aromatic heterocycles. The molecule has 0 spiro atoms. The van der Waals surface area contributed by atoms with Gasteiger partial charge in [-0.1, -0.05) is 25.0 Å². The number of nitrogens with one attached hydrogen (secondary N) is 1. The number of thiophene rings is 1. The van der Waals surface area contributed by atoms with E-state index in [0.29, 0.717) is 24.3 Å². The summed E-state index contributed by atoms with van der Waals surface area (Å²) in [6, 6.07) is 12.1. The summed E-state index contributed by atoms with van der Waals surface area (Å²) in [6.07, 6.45) is 4.62. The van der Waals surface area contributed by atoms with E-state index < -0.39 is 6.10 Å². The van der Waals surface area contributed by atoms with Gasteiger partial charge >= 0.3 is 0 Å². The number of aliphatic hydroxyl groups excluding tert-OH is 1. The minimum atomic E-state index is -0.546. The van der Waals surface area contributed by atoms with Crippen molar-refractivity contribution < 1.29 is 14.6 Å². The third-order valence-corrected chi connectivity index (χ3v) is 5.73. The third-order valence-electron chi connectivity index (χ3n) is 4.78. The lowest BCUT2D eigenvalue weighted by Gasteiger charge is -2.25. The van der Waals surface area contributed by atoms with Crippen LogP contribution in [0, 0.1) is 5.92 Å². The third kappa shape index (κ3) is 5.21. The van der Waals surface area contributed by atoms with Crippen molar-refractivity contribution in [3.05, 3.63) is 46.7 Å². The van der Waals surface area contributed by atoms with E-state index in [9.17, 15) is 5.11 Å². The number of benzene rings is 1. The van der Waals surface area contributed by atoms with Crippen molar-refractivity contribution in [1.82, 2.24) is 5.32 Å². The normalized spacial score (nSPS) is 17.4. The van der Waals surface area contributed by atoms with Gasteiger partial charge in [0.2, 0.25) is 0 Å². The second-order valence-electron chi connectivity index (χ2n) is 6.59. The number of hydrogen-bond donors (Lipinski definition) is 2. The van der Waals surface area contributed by atoms with Crippen molar-refractivity contribution in [2.24, 2.45) is 5.92 Å². The Balaban J connectivity index is 1.50. The van der Waals surface area contributed by atoms with Crippen LogP contribution in [0.5, 0.6) is 11.5 Å². The highest BCUT2D eigenvalue weighted by Gasteiger charge is 2.27. The molecule has 25 heavy (non-hydrogen) atoms. The zero-order valence-corrected chi connectivity index (χ0v) is 15.5. The Bertz CT molecular complexity index is 626. The fraction of sp³-hybridized carbons (Fsp3) is 0.500. The van der Waals surface area contributed by atoms with Crippen molar-refractivity contribution in [1.29, 1.82) is 0 Å². The molecule has 2 unspecified atom stereocenters. The molecule has 3 rings (SSSR count). The van der Waals surface area contributed by atoms with Crippen molar-refractivity contribution in [3.63, 3.8) is 0 Å². The van der Waals surface area contributed by atoms with Crippen LogP contribution in [0.15, 0.2) is 41.8 Å². The summed E-state index contributed by atoms with van der Waals surface area (Å²) in [6.45, 7) is 0.797. The van der Waals surface area contributed by atoms with Crippen LogP contribution in [0.3, 0.4) is 0 Å². The first kappa shape index (κ1) is 18.2. The largest absolute Gasteiger partial charge is 0.497 e. The number of rotatable bonds is 9. The van der Waals surface area contributed by atoms with Crippen LogP contribution in [0.2, 0.25) is 0 Å². The van der Waals surface area contributed by atoms with Gasteiger partial charge < -0.3 is 19.9 Å². The lowest BCUT2D eigenvalue weighted by atomic mass is 9.96. The van der Waals surface area contributed by atoms with Gasteiger partial charge in [0.25, 0.3) is 0 Å². The molecule has 1 aliphatic rings. The molecule has 1 aliphatic carbocycles. The fourth-order valence-corrected chi connectivity index (χ4v) is 4.36. The van der Waals surface area contributed by atoms with Crippen LogP contribution >= 0.6 is 11.3 Å². The Labute approximate surface area is 153 Å². The standard InChI is InChI=1S/C20H27NO3S/c1-23-17-8-4-9-18(12-17)24-14-16(22)13-21-20(15-6-2-3-7-15)19-10-5-11-25-19/h4-5,8-12,15-16,20-22H,2-3,6-7,13-14H2,1H3. The van der Waals surface area contributed by atoms with E-state index in [2.05, 4.69) is 22.8 Å². The molecule has 1 aromatic carbocycles. The van der Waals surface area contributed by atoms with Gasteiger partial charge in [0.15, 0.2) is 0 Å². The van der Waals surface area contributed by atoms with Crippen LogP contribution < -0.4 is 14.8 Å². The van der Waals surface area contributed by atoms with Gasteiger partial charge in [-0.05, 0) is 42.3 Å². The lowest BCUT2D eigenvalue weighted by Crippen LogP contribution is -2.36. The van der Waals surface area contributed by atoms with E-state index >= 15 is 0 Å². The average molecular weight is 362 g/mol. The Hall–Kier alpha value is -1.56. The fourth-order valence-electron chi connectivity index (χ4n) is 3.46. The Morgan fingerprint density at radius 1 is 1.20 bits per heavy atom. The predicted molar refractivity (Wildman–Crippen MR) is 102 cm³/mol. The van der Waals surface area contributed by atoms with Gasteiger partial charge in [0.05, 0.1) is 7.11 Å². The van der Waals surface area contributed by atoms with E-state index in [1.165, 1.54) is 30.6 Å². The number of aliphatic hydroxyl groups is 1. The second-order valence-corrected chi connectivity index (χ2v) is 7.57. The summed E-state index contributed by atoms with van der Waals surface area (Å²) >= 11 is 1.79. The molecule has 136 valence electrons. The maximum atomic E-state index is 10.3. The van der Waals surface area contributed by atoms with Crippen molar-refractivity contribution in [2.45, 2.75) is 37.8 Å². The zero-order valence-electron chi connectivity index (χ0n) is 14.7. The Morgan fingerprint density at radius 3 is 2.72 bits per heavy atom. The van der Waals surface area contributed by atoms with Gasteiger partial charge in [0.1, 0.15) is 24.2 Å². The number of methoxy groups -OCH3 is 1. The van der Waals surface area contributed by atoms with E-state index in [1.807, 2.05) is 24.3 Å². The number of ether oxygens (including phenoxy) is 2. The van der Waals surface area contributed by atoms with Gasteiger partial charge in [0, 0.05) is 23.5 Å². The van der Waals surface area contributed by atoms with E-state index in [0.717, 1.165) is 5.75 Å². The second kappa shape index (κ2) is 9.22. The van der Waals surface area contributed by atoms with Crippen LogP contribution in [0.4, 0.5) is 0 Å². The van der Waals surface area contributed by atoms with E-state index in [4.69, 9.17) is 9.47 Å².